The fraction of sp³-hybridized carbons (Fsp3) is 0.750. The Hall–Kier alpha value is -3.23. The fourth-order valence-electron chi connectivity index (χ4n) is 8.03. The van der Waals surface area contributed by atoms with Gasteiger partial charge in [0, 0.05) is 19.3 Å². The number of nitrogens with zero attached hydrogens (tertiary/aromatic N) is 1. The van der Waals surface area contributed by atoms with Crippen LogP contribution in [0.4, 0.5) is 0 Å². The van der Waals surface area contributed by atoms with Crippen molar-refractivity contribution in [1.82, 2.24) is 0 Å². The summed E-state index contributed by atoms with van der Waals surface area (Å²) in [5.74, 6) is -1.76. The summed E-state index contributed by atoms with van der Waals surface area (Å²) < 4.78 is 17.3. The molecule has 0 aliphatic rings. The van der Waals surface area contributed by atoms with Crippen molar-refractivity contribution in [2.45, 2.75) is 251 Å². The average Bonchev–Trinajstić information content (AvgIpc) is 3.30. The van der Waals surface area contributed by atoms with Gasteiger partial charge in [0.1, 0.15) is 12.6 Å². The van der Waals surface area contributed by atoms with E-state index in [1.165, 1.54) is 122 Å². The molecule has 0 aromatic rings. The number of rotatable bonds is 50. The minimum absolute atomic E-state index is 0.0318. The molecule has 0 spiro atoms. The molecule has 2 unspecified atom stereocenters. The zero-order chi connectivity index (χ0) is 49.9. The number of hydrogen-bond acceptors (Lipinski definition) is 7. The Morgan fingerprint density at radius 1 is 0.456 bits per heavy atom. The second-order valence-electron chi connectivity index (χ2n) is 19.8. The van der Waals surface area contributed by atoms with Gasteiger partial charge < -0.3 is 28.6 Å². The zero-order valence-corrected chi connectivity index (χ0v) is 44.8. The van der Waals surface area contributed by atoms with Crippen LogP contribution in [0.15, 0.2) is 72.9 Å². The summed E-state index contributed by atoms with van der Waals surface area (Å²) in [6.07, 6.45) is 65.1. The molecule has 8 heteroatoms. The monoisotopic (exact) mass is 952 g/mol. The Bertz CT molecular complexity index is 1340. The lowest BCUT2D eigenvalue weighted by Crippen LogP contribution is -2.55. The van der Waals surface area contributed by atoms with Crippen LogP contribution < -0.4 is 5.11 Å². The number of quaternary nitrogens is 1. The molecule has 0 aromatic carbocycles. The van der Waals surface area contributed by atoms with E-state index >= 15 is 0 Å². The zero-order valence-electron chi connectivity index (χ0n) is 44.8. The largest absolute Gasteiger partial charge is 0.544 e. The fourth-order valence-corrected chi connectivity index (χ4v) is 8.03. The first kappa shape index (κ1) is 64.8. The van der Waals surface area contributed by atoms with Crippen LogP contribution in [0, 0.1) is 0 Å². The Morgan fingerprint density at radius 3 is 1.24 bits per heavy atom. The SMILES string of the molecule is CC/C=C/C/C=C/C/C=C/C/C=C/C/C=C/CCCCCCCCC(=O)OCC(COCCC(C(=O)[O-])[N+](C)(C)C)OC(=O)CCCCCCCCC/C=C/CCCCCCCCCCCCC. The summed E-state index contributed by atoms with van der Waals surface area (Å²) in [6, 6.07) is -0.733. The number of ether oxygens (including phenoxy) is 3. The highest BCUT2D eigenvalue weighted by molar-refractivity contribution is 5.70. The minimum atomic E-state index is -1.13. The summed E-state index contributed by atoms with van der Waals surface area (Å²) in [5, 5.41) is 11.7. The highest BCUT2D eigenvalue weighted by Crippen LogP contribution is 2.15. The van der Waals surface area contributed by atoms with Gasteiger partial charge in [0.2, 0.25) is 0 Å². The van der Waals surface area contributed by atoms with Gasteiger partial charge in [-0.2, -0.15) is 0 Å². The van der Waals surface area contributed by atoms with E-state index in [2.05, 4.69) is 86.8 Å². The predicted molar refractivity (Wildman–Crippen MR) is 286 cm³/mol. The topological polar surface area (TPSA) is 102 Å². The third-order valence-electron chi connectivity index (χ3n) is 12.3. The molecular weight excluding hydrogens is 847 g/mol. The average molecular weight is 952 g/mol. The summed E-state index contributed by atoms with van der Waals surface area (Å²) >= 11 is 0. The molecule has 0 N–H and O–H groups in total. The van der Waals surface area contributed by atoms with E-state index < -0.39 is 18.1 Å². The van der Waals surface area contributed by atoms with Crippen molar-refractivity contribution in [3.8, 4) is 0 Å². The molecule has 0 radical (unpaired) electrons. The molecular formula is C60H105NO7. The first-order valence-electron chi connectivity index (χ1n) is 28.0. The van der Waals surface area contributed by atoms with Crippen molar-refractivity contribution in [1.29, 1.82) is 0 Å². The predicted octanol–water partition coefficient (Wildman–Crippen LogP) is 15.3. The molecule has 0 aliphatic heterocycles. The van der Waals surface area contributed by atoms with Gasteiger partial charge in [0.15, 0.2) is 6.10 Å². The first-order chi connectivity index (χ1) is 33.1. The number of hydrogen-bond donors (Lipinski definition) is 0. The lowest BCUT2D eigenvalue weighted by atomic mass is 10.0. The minimum Gasteiger partial charge on any atom is -0.544 e. The van der Waals surface area contributed by atoms with Crippen LogP contribution in [0.1, 0.15) is 239 Å². The molecule has 0 saturated carbocycles. The Balaban J connectivity index is 4.24. The van der Waals surface area contributed by atoms with Gasteiger partial charge in [0.05, 0.1) is 40.3 Å². The van der Waals surface area contributed by atoms with Gasteiger partial charge in [0.25, 0.3) is 0 Å². The number of carbonyl (C=O) groups excluding carboxylic acids is 3. The van der Waals surface area contributed by atoms with Gasteiger partial charge in [-0.25, -0.2) is 0 Å². The summed E-state index contributed by atoms with van der Waals surface area (Å²) in [6.45, 7) is 4.55. The van der Waals surface area contributed by atoms with E-state index in [0.29, 0.717) is 12.8 Å². The van der Waals surface area contributed by atoms with Crippen molar-refractivity contribution in [3.05, 3.63) is 72.9 Å². The number of unbranched alkanes of at least 4 members (excludes halogenated alkanes) is 24. The van der Waals surface area contributed by atoms with Crippen molar-refractivity contribution in [2.24, 2.45) is 0 Å². The second kappa shape index (κ2) is 50.2. The van der Waals surface area contributed by atoms with Crippen molar-refractivity contribution < 1.29 is 38.2 Å². The van der Waals surface area contributed by atoms with Gasteiger partial charge in [-0.05, 0) is 83.5 Å². The molecule has 0 fully saturated rings. The number of aliphatic carboxylic acids is 1. The number of likely N-dealkylation sites (N-methyl/N-ethyl adjacent to an activating group) is 1. The summed E-state index contributed by atoms with van der Waals surface area (Å²) in [4.78, 5) is 37.1. The molecule has 8 nitrogen and oxygen atoms in total. The van der Waals surface area contributed by atoms with Crippen LogP contribution >= 0.6 is 0 Å². The lowest BCUT2D eigenvalue weighted by Gasteiger charge is -2.34. The smallest absolute Gasteiger partial charge is 0.306 e. The molecule has 2 atom stereocenters. The van der Waals surface area contributed by atoms with E-state index in [0.717, 1.165) is 83.5 Å². The van der Waals surface area contributed by atoms with Crippen LogP contribution in [0.2, 0.25) is 0 Å². The summed E-state index contributed by atoms with van der Waals surface area (Å²) in [5.41, 5.74) is 0. The van der Waals surface area contributed by atoms with E-state index in [1.807, 2.05) is 0 Å². The third-order valence-corrected chi connectivity index (χ3v) is 12.3. The van der Waals surface area contributed by atoms with Crippen molar-refractivity contribution in [2.75, 3.05) is 41.0 Å². The van der Waals surface area contributed by atoms with Crippen molar-refractivity contribution in [3.63, 3.8) is 0 Å². The van der Waals surface area contributed by atoms with Gasteiger partial charge in [-0.15, -0.1) is 0 Å². The van der Waals surface area contributed by atoms with E-state index in [1.54, 1.807) is 21.1 Å². The number of allylic oxidation sites excluding steroid dienone is 12. The number of esters is 2. The summed E-state index contributed by atoms with van der Waals surface area (Å²) in [7, 11) is 5.41. The normalized spacial score (nSPS) is 13.4. The van der Waals surface area contributed by atoms with Crippen LogP contribution in [0.5, 0.6) is 0 Å². The maximum absolute atomic E-state index is 12.8. The van der Waals surface area contributed by atoms with Crippen LogP contribution in [0.3, 0.4) is 0 Å². The second-order valence-corrected chi connectivity index (χ2v) is 19.8. The quantitative estimate of drug-likeness (QED) is 0.0259. The lowest BCUT2D eigenvalue weighted by molar-refractivity contribution is -0.889. The highest BCUT2D eigenvalue weighted by Gasteiger charge is 2.25. The standard InChI is InChI=1S/C60H105NO7/c1-6-8-10-12-14-16-18-20-22-24-26-28-30-32-34-36-38-40-42-44-46-48-50-58(62)67-55-56(54-66-53-52-57(60(64)65)61(3,4)5)68-59(63)51-49-47-45-43-41-39-37-35-33-31-29-27-25-23-21-19-17-15-13-11-9-7-2/h8,10,14,16,20,22,26,28,31-34,56-57H,6-7,9,11-13,15,17-19,21,23-25,27,29-30,35-55H2,1-5H3/b10-8+,16-14+,22-20+,28-26+,33-31+,34-32+. The molecule has 0 saturated heterocycles. The van der Waals surface area contributed by atoms with E-state index in [9.17, 15) is 19.5 Å². The van der Waals surface area contributed by atoms with Crippen LogP contribution in [-0.2, 0) is 28.6 Å². The van der Waals surface area contributed by atoms with Crippen LogP contribution in [-0.4, -0.2) is 75.5 Å². The molecule has 392 valence electrons. The molecule has 0 amide bonds. The van der Waals surface area contributed by atoms with E-state index in [-0.39, 0.29) is 42.7 Å². The maximum Gasteiger partial charge on any atom is 0.306 e. The molecule has 0 rings (SSSR count). The third kappa shape index (κ3) is 47.8. The molecule has 0 heterocycles. The highest BCUT2D eigenvalue weighted by atomic mass is 16.6. The van der Waals surface area contributed by atoms with E-state index in [4.69, 9.17) is 14.2 Å². The molecule has 0 aromatic heterocycles. The molecule has 0 aliphatic carbocycles. The Morgan fingerprint density at radius 2 is 0.824 bits per heavy atom. The Kier molecular flexibility index (Phi) is 47.8. The number of carbonyl (C=O) groups is 3. The van der Waals surface area contributed by atoms with Gasteiger partial charge in [-0.3, -0.25) is 9.59 Å². The van der Waals surface area contributed by atoms with Crippen LogP contribution in [0.25, 0.3) is 0 Å². The molecule has 0 bridgehead atoms. The maximum atomic E-state index is 12.8. The van der Waals surface area contributed by atoms with Crippen molar-refractivity contribution >= 4 is 17.9 Å². The van der Waals surface area contributed by atoms with Gasteiger partial charge >= 0.3 is 11.9 Å². The van der Waals surface area contributed by atoms with Gasteiger partial charge in [-0.1, -0.05) is 209 Å². The number of carboxylic acids is 1. The Labute approximate surface area is 419 Å². The number of carboxylic acid groups (broad SMARTS) is 1. The first-order valence-corrected chi connectivity index (χ1v) is 28.0. The molecule has 68 heavy (non-hydrogen) atoms.